The fourth-order valence-electron chi connectivity index (χ4n) is 2.47. The second kappa shape index (κ2) is 11.1. The Labute approximate surface area is 189 Å². The van der Waals surface area contributed by atoms with Gasteiger partial charge in [0.25, 0.3) is 5.91 Å². The normalized spacial score (nSPS) is 10.8. The molecule has 0 aromatic heterocycles. The molecule has 0 aliphatic carbocycles. The zero-order valence-corrected chi connectivity index (χ0v) is 18.0. The van der Waals surface area contributed by atoms with Gasteiger partial charge in [-0.25, -0.2) is 4.39 Å². The molecule has 31 heavy (non-hydrogen) atoms. The predicted octanol–water partition coefficient (Wildman–Crippen LogP) is 5.97. The lowest BCUT2D eigenvalue weighted by Crippen LogP contribution is -2.30. The summed E-state index contributed by atoms with van der Waals surface area (Å²) in [5.74, 6) is -1.76. The van der Waals surface area contributed by atoms with Crippen LogP contribution in [-0.4, -0.2) is 17.2 Å². The van der Waals surface area contributed by atoms with E-state index < -0.39 is 11.7 Å². The van der Waals surface area contributed by atoms with Crippen molar-refractivity contribution in [2.45, 2.75) is 13.5 Å². The molecule has 5 nitrogen and oxygen atoms in total. The molecule has 0 bridgehead atoms. The molecule has 2 amide bonds. The number of hydrogen-bond acceptors (Lipinski definition) is 4. The maximum Gasteiger partial charge on any atom is 0.259 e. The van der Waals surface area contributed by atoms with Crippen molar-refractivity contribution in [1.29, 1.82) is 5.26 Å². The number of rotatable bonds is 8. The summed E-state index contributed by atoms with van der Waals surface area (Å²) in [5, 5.41) is 9.23. The molecular formula is C23H17Cl2FN2O3. The molecule has 2 rings (SSSR count). The zero-order chi connectivity index (χ0) is 23.0. The van der Waals surface area contributed by atoms with Gasteiger partial charge in [0.05, 0.1) is 23.2 Å². The number of hydrogen-bond donors (Lipinski definition) is 0. The lowest BCUT2D eigenvalue weighted by atomic mass is 10.1. The highest BCUT2D eigenvalue weighted by Crippen LogP contribution is 2.35. The Balaban J connectivity index is 2.32. The summed E-state index contributed by atoms with van der Waals surface area (Å²) >= 11 is 12.0. The topological polar surface area (TPSA) is 70.4 Å². The highest BCUT2D eigenvalue weighted by atomic mass is 35.5. The number of benzene rings is 2. The van der Waals surface area contributed by atoms with Crippen LogP contribution in [0, 0.1) is 17.1 Å². The van der Waals surface area contributed by atoms with E-state index in [1.165, 1.54) is 36.4 Å². The molecule has 0 aliphatic heterocycles. The molecule has 2 aromatic rings. The van der Waals surface area contributed by atoms with Crippen molar-refractivity contribution >= 4 is 35.5 Å². The Morgan fingerprint density at radius 1 is 1.29 bits per heavy atom. The van der Waals surface area contributed by atoms with Gasteiger partial charge < -0.3 is 4.74 Å². The number of allylic oxidation sites excluding steroid dienone is 3. The van der Waals surface area contributed by atoms with Gasteiger partial charge in [-0.15, -0.1) is 0 Å². The van der Waals surface area contributed by atoms with Crippen LogP contribution in [0.25, 0.3) is 0 Å². The standard InChI is InChI=1S/C23H17Cl2FN2O3/c1-3-4-5-6-15(2)23(30)28(14-29)13-17-7-8-20(25)22(21(17)26)31-19-10-16(12-27)9-18(24)11-19/h3-11,14H,2,13H2,1H3. The van der Waals surface area contributed by atoms with Crippen molar-refractivity contribution in [3.05, 3.63) is 93.8 Å². The molecular weight excluding hydrogens is 442 g/mol. The molecule has 158 valence electrons. The molecule has 0 saturated carbocycles. The summed E-state index contributed by atoms with van der Waals surface area (Å²) in [4.78, 5) is 24.7. The van der Waals surface area contributed by atoms with E-state index in [1.807, 2.05) is 6.07 Å². The maximum atomic E-state index is 15.1. The number of ether oxygens (including phenoxy) is 1. The van der Waals surface area contributed by atoms with E-state index >= 15 is 4.39 Å². The Morgan fingerprint density at radius 2 is 2.03 bits per heavy atom. The first kappa shape index (κ1) is 23.9. The van der Waals surface area contributed by atoms with E-state index in [9.17, 15) is 9.59 Å². The number of carbonyl (C=O) groups excluding carboxylic acids is 2. The van der Waals surface area contributed by atoms with Gasteiger partial charge >= 0.3 is 0 Å². The summed E-state index contributed by atoms with van der Waals surface area (Å²) < 4.78 is 20.6. The van der Waals surface area contributed by atoms with Gasteiger partial charge in [0.2, 0.25) is 6.41 Å². The Morgan fingerprint density at radius 3 is 2.68 bits per heavy atom. The molecule has 2 aromatic carbocycles. The van der Waals surface area contributed by atoms with Crippen LogP contribution in [0.1, 0.15) is 18.1 Å². The summed E-state index contributed by atoms with van der Waals surface area (Å²) in [7, 11) is 0. The second-order valence-electron chi connectivity index (χ2n) is 6.19. The minimum absolute atomic E-state index is 0.00683. The molecule has 0 aliphatic rings. The first-order valence-electron chi connectivity index (χ1n) is 8.90. The van der Waals surface area contributed by atoms with Gasteiger partial charge in [-0.3, -0.25) is 14.5 Å². The highest BCUT2D eigenvalue weighted by Gasteiger charge is 2.21. The van der Waals surface area contributed by atoms with Crippen LogP contribution in [0.3, 0.4) is 0 Å². The summed E-state index contributed by atoms with van der Waals surface area (Å²) in [5.41, 5.74) is 0.268. The van der Waals surface area contributed by atoms with E-state index in [1.54, 1.807) is 25.2 Å². The Hall–Kier alpha value is -3.40. The van der Waals surface area contributed by atoms with Crippen LogP contribution in [0.5, 0.6) is 11.5 Å². The average molecular weight is 459 g/mol. The first-order chi connectivity index (χ1) is 14.8. The predicted molar refractivity (Wildman–Crippen MR) is 117 cm³/mol. The van der Waals surface area contributed by atoms with Crippen LogP contribution in [0.15, 0.2) is 66.8 Å². The summed E-state index contributed by atoms with van der Waals surface area (Å²) in [6.07, 6.45) is 6.79. The van der Waals surface area contributed by atoms with Crippen molar-refractivity contribution in [3.8, 4) is 17.6 Å². The van der Waals surface area contributed by atoms with Gasteiger partial charge in [0, 0.05) is 16.2 Å². The van der Waals surface area contributed by atoms with Gasteiger partial charge in [0.15, 0.2) is 11.6 Å². The van der Waals surface area contributed by atoms with E-state index in [-0.39, 0.29) is 44.8 Å². The van der Waals surface area contributed by atoms with Crippen LogP contribution in [0.4, 0.5) is 4.39 Å². The Bertz CT molecular complexity index is 1120. The lowest BCUT2D eigenvalue weighted by Gasteiger charge is -2.18. The van der Waals surface area contributed by atoms with E-state index in [4.69, 9.17) is 33.2 Å². The van der Waals surface area contributed by atoms with Crippen molar-refractivity contribution < 1.29 is 18.7 Å². The molecule has 0 atom stereocenters. The van der Waals surface area contributed by atoms with Gasteiger partial charge in [0.1, 0.15) is 5.75 Å². The molecule has 0 N–H and O–H groups in total. The minimum atomic E-state index is -0.860. The average Bonchev–Trinajstić information content (AvgIpc) is 2.75. The fraction of sp³-hybridized carbons (Fsp3) is 0.0870. The number of imide groups is 1. The molecule has 8 heteroatoms. The number of amides is 2. The quantitative estimate of drug-likeness (QED) is 0.277. The second-order valence-corrected chi connectivity index (χ2v) is 7.03. The third-order valence-corrected chi connectivity index (χ3v) is 4.47. The minimum Gasteiger partial charge on any atom is -0.453 e. The van der Waals surface area contributed by atoms with E-state index in [2.05, 4.69) is 6.58 Å². The van der Waals surface area contributed by atoms with E-state index in [0.717, 1.165) is 4.90 Å². The maximum absolute atomic E-state index is 15.1. The number of halogens is 3. The van der Waals surface area contributed by atoms with E-state index in [0.29, 0.717) is 6.41 Å². The molecule has 0 heterocycles. The molecule has 0 fully saturated rings. The van der Waals surface area contributed by atoms with Crippen molar-refractivity contribution in [3.63, 3.8) is 0 Å². The van der Waals surface area contributed by atoms with Gasteiger partial charge in [-0.2, -0.15) is 5.26 Å². The number of carbonyl (C=O) groups is 2. The summed E-state index contributed by atoms with van der Waals surface area (Å²) in [6, 6.07) is 8.82. The molecule has 0 unspecified atom stereocenters. The third-order valence-electron chi connectivity index (χ3n) is 3.95. The zero-order valence-electron chi connectivity index (χ0n) is 16.4. The highest BCUT2D eigenvalue weighted by molar-refractivity contribution is 6.32. The SMILES string of the molecule is C=C(C=CC=CC)C(=O)N(C=O)Cc1ccc(Cl)c(Oc2cc(Cl)cc(C#N)c2)c1F. The van der Waals surface area contributed by atoms with Crippen molar-refractivity contribution in [1.82, 2.24) is 4.90 Å². The van der Waals surface area contributed by atoms with Crippen LogP contribution in [0.2, 0.25) is 10.0 Å². The number of nitrogens with zero attached hydrogens (tertiary/aromatic N) is 2. The Kier molecular flexibility index (Phi) is 8.56. The largest absolute Gasteiger partial charge is 0.453 e. The first-order valence-corrected chi connectivity index (χ1v) is 9.66. The fourth-order valence-corrected chi connectivity index (χ4v) is 2.88. The molecule has 0 saturated heterocycles. The van der Waals surface area contributed by atoms with Crippen molar-refractivity contribution in [2.24, 2.45) is 0 Å². The van der Waals surface area contributed by atoms with Gasteiger partial charge in [-0.05, 0) is 31.2 Å². The number of nitriles is 1. The van der Waals surface area contributed by atoms with Crippen molar-refractivity contribution in [2.75, 3.05) is 0 Å². The van der Waals surface area contributed by atoms with Gasteiger partial charge in [-0.1, -0.05) is 60.2 Å². The monoisotopic (exact) mass is 458 g/mol. The molecule has 0 radical (unpaired) electrons. The van der Waals surface area contributed by atoms with Crippen LogP contribution >= 0.6 is 23.2 Å². The molecule has 0 spiro atoms. The van der Waals surface area contributed by atoms with Crippen LogP contribution < -0.4 is 4.74 Å². The third kappa shape index (κ3) is 6.29. The smallest absolute Gasteiger partial charge is 0.259 e. The van der Waals surface area contributed by atoms with Crippen LogP contribution in [-0.2, 0) is 16.1 Å². The summed E-state index contributed by atoms with van der Waals surface area (Å²) in [6.45, 7) is 5.06. The lowest BCUT2D eigenvalue weighted by molar-refractivity contribution is -0.135.